The van der Waals surface area contributed by atoms with Gasteiger partial charge in [-0.05, 0) is 45.2 Å². The Labute approximate surface area is 180 Å². The topological polar surface area (TPSA) is 104 Å². The van der Waals surface area contributed by atoms with Crippen LogP contribution in [0.4, 0.5) is 5.69 Å². The van der Waals surface area contributed by atoms with Crippen molar-refractivity contribution in [2.75, 3.05) is 18.1 Å². The molecule has 31 heavy (non-hydrogen) atoms. The van der Waals surface area contributed by atoms with Crippen LogP contribution in [0.1, 0.15) is 39.2 Å². The van der Waals surface area contributed by atoms with Gasteiger partial charge in [0.25, 0.3) is 0 Å². The zero-order valence-corrected chi connectivity index (χ0v) is 17.9. The number of aromatic nitrogens is 5. The number of rotatable bonds is 4. The molecule has 2 aliphatic heterocycles. The summed E-state index contributed by atoms with van der Waals surface area (Å²) in [7, 11) is 0. The molecule has 0 saturated carbocycles. The second-order valence-electron chi connectivity index (χ2n) is 8.40. The number of carbonyl (C=O) groups is 1. The summed E-state index contributed by atoms with van der Waals surface area (Å²) in [6.07, 6.45) is 6.44. The first-order valence-electron chi connectivity index (χ1n) is 10.8. The summed E-state index contributed by atoms with van der Waals surface area (Å²) in [6.45, 7) is 6.19. The van der Waals surface area contributed by atoms with Gasteiger partial charge in [0.1, 0.15) is 36.2 Å². The van der Waals surface area contributed by atoms with Crippen LogP contribution in [0, 0.1) is 0 Å². The molecule has 0 spiro atoms. The Kier molecular flexibility index (Phi) is 4.88. The molecule has 9 nitrogen and oxygen atoms in total. The highest BCUT2D eigenvalue weighted by molar-refractivity contribution is 5.84. The standard InChI is InChI=1S/C22H27N7O2/c1-14(2)29-22(24-13-25-29)17-12-27-9-10-31-19-11-15(6-7-16(19)21(27)26-17)28-8-4-3-5-18(28)20(23)30/h6-7,11-14,18H,3-5,8-10H2,1-2H3,(H2,23,30)/t18-/m0/s1. The molecule has 1 amide bonds. The molecule has 1 fully saturated rings. The van der Waals surface area contributed by atoms with Crippen molar-refractivity contribution < 1.29 is 9.53 Å². The number of carbonyl (C=O) groups excluding carboxylic acids is 1. The average Bonchev–Trinajstić information content (AvgIpc) is 3.38. The van der Waals surface area contributed by atoms with E-state index >= 15 is 0 Å². The average molecular weight is 422 g/mol. The number of hydrogen-bond donors (Lipinski definition) is 1. The molecule has 9 heteroatoms. The van der Waals surface area contributed by atoms with Crippen molar-refractivity contribution in [3.05, 3.63) is 30.7 Å². The number of imidazole rings is 1. The molecule has 3 aromatic rings. The molecule has 1 saturated heterocycles. The van der Waals surface area contributed by atoms with Crippen LogP contribution in [-0.4, -0.2) is 49.4 Å². The Morgan fingerprint density at radius 1 is 1.23 bits per heavy atom. The molecule has 1 atom stereocenters. The predicted molar refractivity (Wildman–Crippen MR) is 117 cm³/mol. The maximum absolute atomic E-state index is 12.0. The largest absolute Gasteiger partial charge is 0.491 e. The molecular weight excluding hydrogens is 394 g/mol. The molecule has 1 aromatic carbocycles. The first-order chi connectivity index (χ1) is 15.0. The van der Waals surface area contributed by atoms with Crippen molar-refractivity contribution in [3.63, 3.8) is 0 Å². The van der Waals surface area contributed by atoms with Crippen LogP contribution in [-0.2, 0) is 11.3 Å². The number of primary amides is 1. The Balaban J connectivity index is 1.53. The lowest BCUT2D eigenvalue weighted by atomic mass is 10.00. The Morgan fingerprint density at radius 3 is 2.90 bits per heavy atom. The molecule has 0 unspecified atom stereocenters. The third kappa shape index (κ3) is 3.43. The van der Waals surface area contributed by atoms with E-state index in [0.717, 1.165) is 60.2 Å². The van der Waals surface area contributed by atoms with E-state index in [0.29, 0.717) is 13.2 Å². The number of anilines is 1. The van der Waals surface area contributed by atoms with Crippen LogP contribution in [0.15, 0.2) is 30.7 Å². The monoisotopic (exact) mass is 421 g/mol. The van der Waals surface area contributed by atoms with Gasteiger partial charge < -0.3 is 19.9 Å². The fourth-order valence-corrected chi connectivity index (χ4v) is 4.50. The van der Waals surface area contributed by atoms with Gasteiger partial charge in [0, 0.05) is 30.5 Å². The maximum atomic E-state index is 12.0. The summed E-state index contributed by atoms with van der Waals surface area (Å²) in [4.78, 5) is 23.4. The Morgan fingerprint density at radius 2 is 2.10 bits per heavy atom. The molecule has 0 bridgehead atoms. The van der Waals surface area contributed by atoms with Gasteiger partial charge in [-0.15, -0.1) is 0 Å². The van der Waals surface area contributed by atoms with Gasteiger partial charge in [-0.2, -0.15) is 5.10 Å². The first kappa shape index (κ1) is 19.6. The number of ether oxygens (including phenoxy) is 1. The van der Waals surface area contributed by atoms with E-state index < -0.39 is 0 Å². The van der Waals surface area contributed by atoms with Crippen molar-refractivity contribution >= 4 is 11.6 Å². The summed E-state index contributed by atoms with van der Waals surface area (Å²) < 4.78 is 10.1. The van der Waals surface area contributed by atoms with Crippen molar-refractivity contribution in [2.45, 2.75) is 51.7 Å². The van der Waals surface area contributed by atoms with Gasteiger partial charge in [-0.1, -0.05) is 0 Å². The molecule has 2 N–H and O–H groups in total. The number of amides is 1. The molecule has 0 aliphatic carbocycles. The van der Waals surface area contributed by atoms with Crippen LogP contribution in [0.2, 0.25) is 0 Å². The summed E-state index contributed by atoms with van der Waals surface area (Å²) >= 11 is 0. The lowest BCUT2D eigenvalue weighted by molar-refractivity contribution is -0.119. The van der Waals surface area contributed by atoms with Crippen LogP contribution in [0.3, 0.4) is 0 Å². The van der Waals surface area contributed by atoms with Crippen molar-refractivity contribution in [2.24, 2.45) is 5.73 Å². The Bertz CT molecular complexity index is 1120. The van der Waals surface area contributed by atoms with Gasteiger partial charge >= 0.3 is 0 Å². The molecular formula is C22H27N7O2. The highest BCUT2D eigenvalue weighted by Gasteiger charge is 2.29. The lowest BCUT2D eigenvalue weighted by Crippen LogP contribution is -2.47. The SMILES string of the molecule is CC(C)n1ncnc1-c1cn2c(n1)-c1ccc(N3CCCC[C@H]3C(N)=O)cc1OCC2. The van der Waals surface area contributed by atoms with Crippen molar-refractivity contribution in [1.29, 1.82) is 0 Å². The van der Waals surface area contributed by atoms with E-state index in [4.69, 9.17) is 15.5 Å². The highest BCUT2D eigenvalue weighted by Crippen LogP contribution is 2.37. The van der Waals surface area contributed by atoms with Crippen LogP contribution < -0.4 is 15.4 Å². The minimum Gasteiger partial charge on any atom is -0.491 e. The summed E-state index contributed by atoms with van der Waals surface area (Å²) in [5.41, 5.74) is 8.35. The molecule has 2 aromatic heterocycles. The molecule has 5 rings (SSSR count). The quantitative estimate of drug-likeness (QED) is 0.694. The smallest absolute Gasteiger partial charge is 0.240 e. The summed E-state index contributed by atoms with van der Waals surface area (Å²) in [6, 6.07) is 5.99. The van der Waals surface area contributed by atoms with E-state index in [1.54, 1.807) is 6.33 Å². The van der Waals surface area contributed by atoms with Crippen LogP contribution in [0.25, 0.3) is 22.9 Å². The van der Waals surface area contributed by atoms with E-state index in [1.165, 1.54) is 0 Å². The number of nitrogens with two attached hydrogens (primary N) is 1. The third-order valence-electron chi connectivity index (χ3n) is 6.03. The number of nitrogens with zero attached hydrogens (tertiary/aromatic N) is 6. The summed E-state index contributed by atoms with van der Waals surface area (Å²) in [5, 5.41) is 4.33. The zero-order valence-electron chi connectivity index (χ0n) is 17.9. The van der Waals surface area contributed by atoms with Crippen molar-refractivity contribution in [3.8, 4) is 28.7 Å². The zero-order chi connectivity index (χ0) is 21.5. The first-order valence-corrected chi connectivity index (χ1v) is 10.8. The van der Waals surface area contributed by atoms with Gasteiger partial charge in [-0.3, -0.25) is 4.79 Å². The highest BCUT2D eigenvalue weighted by atomic mass is 16.5. The second kappa shape index (κ2) is 7.72. The van der Waals surface area contributed by atoms with Crippen LogP contribution >= 0.6 is 0 Å². The molecule has 4 heterocycles. The number of hydrogen-bond acceptors (Lipinski definition) is 6. The van der Waals surface area contributed by atoms with E-state index in [9.17, 15) is 4.79 Å². The van der Waals surface area contributed by atoms with Crippen molar-refractivity contribution in [1.82, 2.24) is 24.3 Å². The van der Waals surface area contributed by atoms with Gasteiger partial charge in [0.05, 0.1) is 12.1 Å². The molecule has 0 radical (unpaired) electrons. The number of fused-ring (bicyclic) bond motifs is 3. The second-order valence-corrected chi connectivity index (χ2v) is 8.40. The van der Waals surface area contributed by atoms with Gasteiger partial charge in [-0.25, -0.2) is 14.6 Å². The normalized spacial score (nSPS) is 18.3. The lowest BCUT2D eigenvalue weighted by Gasteiger charge is -2.35. The maximum Gasteiger partial charge on any atom is 0.240 e. The fourth-order valence-electron chi connectivity index (χ4n) is 4.50. The van der Waals surface area contributed by atoms with Gasteiger partial charge in [0.2, 0.25) is 5.91 Å². The molecule has 162 valence electrons. The number of benzene rings is 1. The van der Waals surface area contributed by atoms with Crippen LogP contribution in [0.5, 0.6) is 5.75 Å². The molecule has 2 aliphatic rings. The van der Waals surface area contributed by atoms with Gasteiger partial charge in [0.15, 0.2) is 5.82 Å². The van der Waals surface area contributed by atoms with E-state index in [2.05, 4.69) is 33.4 Å². The number of piperidine rings is 1. The predicted octanol–water partition coefficient (Wildman–Crippen LogP) is 2.63. The minimum absolute atomic E-state index is 0.194. The summed E-state index contributed by atoms with van der Waals surface area (Å²) in [5.74, 6) is 2.10. The third-order valence-corrected chi connectivity index (χ3v) is 6.03. The Hall–Kier alpha value is -3.36. The van der Waals surface area contributed by atoms with E-state index in [1.807, 2.05) is 29.1 Å². The minimum atomic E-state index is -0.273. The fraction of sp³-hybridized carbons (Fsp3) is 0.455. The van der Waals surface area contributed by atoms with E-state index in [-0.39, 0.29) is 18.0 Å².